The highest BCUT2D eigenvalue weighted by atomic mass is 35.5. The molecule has 0 radical (unpaired) electrons. The van der Waals surface area contributed by atoms with Gasteiger partial charge in [0.05, 0.1) is 5.56 Å². The van der Waals surface area contributed by atoms with Crippen molar-refractivity contribution in [1.82, 2.24) is 19.9 Å². The maximum Gasteiger partial charge on any atom is 0.342 e. The average Bonchev–Trinajstić information content (AvgIpc) is 2.34. The van der Waals surface area contributed by atoms with E-state index in [-0.39, 0.29) is 35.0 Å². The van der Waals surface area contributed by atoms with Gasteiger partial charge in [-0.1, -0.05) is 11.6 Å². The molecule has 2 heterocycles. The molecule has 0 bridgehead atoms. The van der Waals surface area contributed by atoms with Crippen LogP contribution in [0.4, 0.5) is 11.9 Å². The Morgan fingerprint density at radius 1 is 1.19 bits per heavy atom. The van der Waals surface area contributed by atoms with Gasteiger partial charge in [-0.2, -0.15) is 15.0 Å². The summed E-state index contributed by atoms with van der Waals surface area (Å²) in [6, 6.07) is 1.74. The summed E-state index contributed by atoms with van der Waals surface area (Å²) in [5.41, 5.74) is 12.4. The molecule has 9 heteroatoms. The van der Waals surface area contributed by atoms with Gasteiger partial charge in [0.1, 0.15) is 5.15 Å². The minimum atomic E-state index is -0.623. The number of pyridine rings is 1. The van der Waals surface area contributed by atoms with Crippen LogP contribution in [0.25, 0.3) is 0 Å². The second-order valence-electron chi connectivity index (χ2n) is 4.29. The molecule has 0 aliphatic rings. The van der Waals surface area contributed by atoms with Crippen LogP contribution in [-0.2, 0) is 11.3 Å². The lowest BCUT2D eigenvalue weighted by Crippen LogP contribution is -2.13. The van der Waals surface area contributed by atoms with Gasteiger partial charge in [0.15, 0.2) is 12.4 Å². The SMILES string of the molecule is Cc1cc(C)c(C(=O)OCc2nc(N)nc(N)n2)c(Cl)n1. The molecule has 0 fully saturated rings. The minimum absolute atomic E-state index is 0.0419. The first-order valence-corrected chi connectivity index (χ1v) is 6.31. The summed E-state index contributed by atoms with van der Waals surface area (Å²) in [6.07, 6.45) is 0. The summed E-state index contributed by atoms with van der Waals surface area (Å²) >= 11 is 5.97. The fourth-order valence-corrected chi connectivity index (χ4v) is 2.12. The number of nitrogens with two attached hydrogens (primary N) is 2. The van der Waals surface area contributed by atoms with Crippen LogP contribution in [0.1, 0.15) is 27.4 Å². The summed E-state index contributed by atoms with van der Waals surface area (Å²) in [5, 5.41) is 0.0900. The number of rotatable bonds is 3. The van der Waals surface area contributed by atoms with Gasteiger partial charge in [-0.3, -0.25) is 0 Å². The molecular weight excluding hydrogens is 296 g/mol. The number of carbonyl (C=O) groups excluding carboxylic acids is 1. The van der Waals surface area contributed by atoms with E-state index in [0.717, 1.165) is 0 Å². The number of carbonyl (C=O) groups is 1. The third kappa shape index (κ3) is 3.54. The Hall–Kier alpha value is -2.48. The number of aromatic nitrogens is 4. The zero-order valence-corrected chi connectivity index (χ0v) is 12.2. The quantitative estimate of drug-likeness (QED) is 0.635. The third-order valence-corrected chi connectivity index (χ3v) is 2.83. The van der Waals surface area contributed by atoms with Crippen molar-refractivity contribution in [2.75, 3.05) is 11.5 Å². The van der Waals surface area contributed by atoms with E-state index in [1.807, 2.05) is 0 Å². The average molecular weight is 309 g/mol. The Morgan fingerprint density at radius 3 is 2.38 bits per heavy atom. The van der Waals surface area contributed by atoms with E-state index in [1.165, 1.54) is 0 Å². The largest absolute Gasteiger partial charge is 0.454 e. The molecule has 0 saturated heterocycles. The van der Waals surface area contributed by atoms with Crippen LogP contribution in [0.5, 0.6) is 0 Å². The smallest absolute Gasteiger partial charge is 0.342 e. The molecular formula is C12H13ClN6O2. The Balaban J connectivity index is 2.15. The van der Waals surface area contributed by atoms with Gasteiger partial charge < -0.3 is 16.2 Å². The minimum Gasteiger partial charge on any atom is -0.454 e. The highest BCUT2D eigenvalue weighted by molar-refractivity contribution is 6.32. The fourth-order valence-electron chi connectivity index (χ4n) is 1.76. The van der Waals surface area contributed by atoms with Crippen LogP contribution in [0, 0.1) is 13.8 Å². The predicted molar refractivity (Wildman–Crippen MR) is 76.5 cm³/mol. The molecule has 0 spiro atoms. The molecule has 0 aliphatic carbocycles. The summed E-state index contributed by atoms with van der Waals surface area (Å²) in [6.45, 7) is 3.33. The molecule has 21 heavy (non-hydrogen) atoms. The monoisotopic (exact) mass is 308 g/mol. The second-order valence-corrected chi connectivity index (χ2v) is 4.65. The van der Waals surface area contributed by atoms with E-state index in [2.05, 4.69) is 19.9 Å². The maximum atomic E-state index is 12.1. The lowest BCUT2D eigenvalue weighted by atomic mass is 10.1. The topological polar surface area (TPSA) is 130 Å². The van der Waals surface area contributed by atoms with Crippen molar-refractivity contribution in [2.45, 2.75) is 20.5 Å². The molecule has 8 nitrogen and oxygen atoms in total. The van der Waals surface area contributed by atoms with Gasteiger partial charge in [-0.05, 0) is 25.5 Å². The lowest BCUT2D eigenvalue weighted by molar-refractivity contribution is 0.0461. The van der Waals surface area contributed by atoms with Crippen molar-refractivity contribution in [2.24, 2.45) is 0 Å². The zero-order chi connectivity index (χ0) is 15.6. The molecule has 0 aromatic carbocycles. The standard InChI is InChI=1S/C12H13ClN6O2/c1-5-3-6(2)16-9(13)8(5)10(20)21-4-7-17-11(14)19-12(15)18-7/h3H,4H2,1-2H3,(H4,14,15,17,18,19). The second kappa shape index (κ2) is 5.88. The first kappa shape index (κ1) is 14.9. The number of hydrogen-bond donors (Lipinski definition) is 2. The highest BCUT2D eigenvalue weighted by Gasteiger charge is 2.17. The molecule has 0 unspecified atom stereocenters. The summed E-state index contributed by atoms with van der Waals surface area (Å²) < 4.78 is 5.10. The first-order chi connectivity index (χ1) is 9.86. The van der Waals surface area contributed by atoms with Gasteiger partial charge in [-0.15, -0.1) is 0 Å². The molecule has 0 aliphatic heterocycles. The number of ether oxygens (including phenoxy) is 1. The number of halogens is 1. The molecule has 0 amide bonds. The fraction of sp³-hybridized carbons (Fsp3) is 0.250. The Bertz CT molecular complexity index is 663. The van der Waals surface area contributed by atoms with Crippen LogP contribution >= 0.6 is 11.6 Å². The van der Waals surface area contributed by atoms with E-state index >= 15 is 0 Å². The van der Waals surface area contributed by atoms with E-state index in [4.69, 9.17) is 27.8 Å². The van der Waals surface area contributed by atoms with Gasteiger partial charge in [-0.25, -0.2) is 9.78 Å². The third-order valence-electron chi connectivity index (χ3n) is 2.55. The van der Waals surface area contributed by atoms with E-state index < -0.39 is 5.97 Å². The molecule has 0 saturated carbocycles. The van der Waals surface area contributed by atoms with Crippen LogP contribution in [0.15, 0.2) is 6.07 Å². The van der Waals surface area contributed by atoms with Crippen molar-refractivity contribution < 1.29 is 9.53 Å². The van der Waals surface area contributed by atoms with Crippen molar-refractivity contribution >= 4 is 29.5 Å². The van der Waals surface area contributed by atoms with Crippen molar-refractivity contribution in [3.63, 3.8) is 0 Å². The first-order valence-electron chi connectivity index (χ1n) is 5.93. The molecule has 2 rings (SSSR count). The van der Waals surface area contributed by atoms with Crippen LogP contribution in [0.2, 0.25) is 5.15 Å². The molecule has 2 aromatic rings. The Kier molecular flexibility index (Phi) is 4.18. The maximum absolute atomic E-state index is 12.1. The molecule has 2 aromatic heterocycles. The number of nitrogens with zero attached hydrogens (tertiary/aromatic N) is 4. The number of anilines is 2. The van der Waals surface area contributed by atoms with Crippen molar-refractivity contribution in [3.8, 4) is 0 Å². The van der Waals surface area contributed by atoms with Crippen LogP contribution in [-0.4, -0.2) is 25.9 Å². The summed E-state index contributed by atoms with van der Waals surface area (Å²) in [7, 11) is 0. The highest BCUT2D eigenvalue weighted by Crippen LogP contribution is 2.20. The van der Waals surface area contributed by atoms with Gasteiger partial charge in [0, 0.05) is 5.69 Å². The van der Waals surface area contributed by atoms with Gasteiger partial charge in [0.25, 0.3) is 0 Å². The lowest BCUT2D eigenvalue weighted by Gasteiger charge is -2.09. The zero-order valence-electron chi connectivity index (χ0n) is 11.4. The van der Waals surface area contributed by atoms with Crippen molar-refractivity contribution in [1.29, 1.82) is 0 Å². The number of aryl methyl sites for hydroxylation is 2. The summed E-state index contributed by atoms with van der Waals surface area (Å²) in [5.74, 6) is -0.552. The number of esters is 1. The van der Waals surface area contributed by atoms with Crippen molar-refractivity contribution in [3.05, 3.63) is 33.9 Å². The Labute approximate surface area is 125 Å². The normalized spacial score (nSPS) is 10.4. The number of hydrogen-bond acceptors (Lipinski definition) is 8. The molecule has 4 N–H and O–H groups in total. The van der Waals surface area contributed by atoms with E-state index in [1.54, 1.807) is 19.9 Å². The van der Waals surface area contributed by atoms with Gasteiger partial charge in [0.2, 0.25) is 11.9 Å². The molecule has 110 valence electrons. The van der Waals surface area contributed by atoms with Crippen LogP contribution in [0.3, 0.4) is 0 Å². The van der Waals surface area contributed by atoms with Crippen LogP contribution < -0.4 is 11.5 Å². The summed E-state index contributed by atoms with van der Waals surface area (Å²) in [4.78, 5) is 27.3. The predicted octanol–water partition coefficient (Wildman–Crippen LogP) is 1.06. The van der Waals surface area contributed by atoms with E-state index in [0.29, 0.717) is 11.3 Å². The Morgan fingerprint density at radius 2 is 1.81 bits per heavy atom. The van der Waals surface area contributed by atoms with E-state index in [9.17, 15) is 4.79 Å². The molecule has 0 atom stereocenters. The van der Waals surface area contributed by atoms with Gasteiger partial charge >= 0.3 is 5.97 Å². The number of nitrogen functional groups attached to an aromatic ring is 2.